The lowest BCUT2D eigenvalue weighted by molar-refractivity contribution is 0.246. The lowest BCUT2D eigenvalue weighted by Gasteiger charge is -2.38. The highest BCUT2D eigenvalue weighted by Gasteiger charge is 2.27. The van der Waals surface area contributed by atoms with E-state index in [0.29, 0.717) is 12.1 Å². The fourth-order valence-electron chi connectivity index (χ4n) is 1.62. The van der Waals surface area contributed by atoms with Crippen molar-refractivity contribution < 1.29 is 0 Å². The first-order valence-electron chi connectivity index (χ1n) is 5.21. The van der Waals surface area contributed by atoms with Crippen molar-refractivity contribution in [2.24, 2.45) is 0 Å². The quantitative estimate of drug-likeness (QED) is 0.592. The van der Waals surface area contributed by atoms with Crippen molar-refractivity contribution in [3.05, 3.63) is 24.4 Å². The van der Waals surface area contributed by atoms with Crippen LogP contribution < -0.4 is 16.0 Å². The van der Waals surface area contributed by atoms with Crippen LogP contribution in [-0.4, -0.2) is 17.9 Å². The van der Waals surface area contributed by atoms with E-state index in [1.54, 1.807) is 0 Å². The van der Waals surface area contributed by atoms with Gasteiger partial charge in [-0.3, -0.25) is 10.6 Å². The van der Waals surface area contributed by atoms with Gasteiger partial charge >= 0.3 is 0 Å². The molecule has 3 nitrogen and oxygen atoms in total. The summed E-state index contributed by atoms with van der Waals surface area (Å²) in [6, 6.07) is 0.842. The minimum absolute atomic E-state index is 0.295. The molecule has 0 spiro atoms. The average molecular weight is 195 g/mol. The molecule has 0 bridgehead atoms. The monoisotopic (exact) mass is 195 g/mol. The highest BCUT2D eigenvalue weighted by atomic mass is 15.4. The van der Waals surface area contributed by atoms with Crippen molar-refractivity contribution in [2.45, 2.75) is 45.6 Å². The van der Waals surface area contributed by atoms with E-state index in [4.69, 9.17) is 0 Å². The third-order valence-electron chi connectivity index (χ3n) is 1.90. The standard InChI is InChI=1S/C11H21N3/c1-9(2)13-11(14-10(3)4)7-5-6-8-12-11/h5-10,12-14H,1-4H3. The summed E-state index contributed by atoms with van der Waals surface area (Å²) < 4.78 is 0. The van der Waals surface area contributed by atoms with Crippen LogP contribution >= 0.6 is 0 Å². The van der Waals surface area contributed by atoms with Crippen molar-refractivity contribution in [3.63, 3.8) is 0 Å². The van der Waals surface area contributed by atoms with E-state index in [9.17, 15) is 0 Å². The van der Waals surface area contributed by atoms with E-state index in [0.717, 1.165) is 0 Å². The lowest BCUT2D eigenvalue weighted by Crippen LogP contribution is -2.67. The van der Waals surface area contributed by atoms with Crippen LogP contribution in [0.25, 0.3) is 0 Å². The van der Waals surface area contributed by atoms with Crippen LogP contribution in [0, 0.1) is 0 Å². The molecule has 0 radical (unpaired) electrons. The molecule has 3 N–H and O–H groups in total. The van der Waals surface area contributed by atoms with Crippen LogP contribution in [0.2, 0.25) is 0 Å². The second-order valence-corrected chi connectivity index (χ2v) is 4.27. The van der Waals surface area contributed by atoms with E-state index in [1.165, 1.54) is 0 Å². The second kappa shape index (κ2) is 4.62. The second-order valence-electron chi connectivity index (χ2n) is 4.27. The van der Waals surface area contributed by atoms with Gasteiger partial charge in [0.15, 0.2) is 5.79 Å². The van der Waals surface area contributed by atoms with Gasteiger partial charge in [0.2, 0.25) is 0 Å². The number of rotatable bonds is 4. The van der Waals surface area contributed by atoms with E-state index in [2.05, 4.69) is 49.7 Å². The van der Waals surface area contributed by atoms with Gasteiger partial charge in [-0.15, -0.1) is 0 Å². The number of allylic oxidation sites excluding steroid dienone is 2. The zero-order chi connectivity index (χ0) is 10.6. The molecule has 3 heteroatoms. The topological polar surface area (TPSA) is 36.1 Å². The summed E-state index contributed by atoms with van der Waals surface area (Å²) >= 11 is 0. The smallest absolute Gasteiger partial charge is 0.164 e. The van der Waals surface area contributed by atoms with E-state index >= 15 is 0 Å². The summed E-state index contributed by atoms with van der Waals surface area (Å²) in [5, 5.41) is 10.2. The van der Waals surface area contributed by atoms with Gasteiger partial charge in [-0.05, 0) is 46.0 Å². The molecule has 1 aliphatic rings. The highest BCUT2D eigenvalue weighted by Crippen LogP contribution is 2.06. The first kappa shape index (κ1) is 11.3. The third kappa shape index (κ3) is 3.16. The van der Waals surface area contributed by atoms with Crippen LogP contribution in [0.15, 0.2) is 24.4 Å². The number of dihydropyridines is 1. The van der Waals surface area contributed by atoms with Gasteiger partial charge in [-0.1, -0.05) is 6.08 Å². The van der Waals surface area contributed by atoms with Gasteiger partial charge in [0.05, 0.1) is 0 Å². The van der Waals surface area contributed by atoms with Gasteiger partial charge < -0.3 is 5.32 Å². The Morgan fingerprint density at radius 3 is 1.93 bits per heavy atom. The first-order valence-corrected chi connectivity index (χ1v) is 5.21. The first-order chi connectivity index (χ1) is 6.54. The molecule has 0 saturated carbocycles. The van der Waals surface area contributed by atoms with Crippen molar-refractivity contribution in [2.75, 3.05) is 0 Å². The molecule has 0 aromatic carbocycles. The van der Waals surface area contributed by atoms with Gasteiger partial charge in [-0.25, -0.2) is 0 Å². The molecule has 1 heterocycles. The zero-order valence-corrected chi connectivity index (χ0v) is 9.46. The van der Waals surface area contributed by atoms with Crippen molar-refractivity contribution in [1.82, 2.24) is 16.0 Å². The van der Waals surface area contributed by atoms with E-state index in [1.807, 2.05) is 18.4 Å². The minimum atomic E-state index is -0.295. The Bertz CT molecular complexity index is 219. The fourth-order valence-corrected chi connectivity index (χ4v) is 1.62. The number of nitrogens with one attached hydrogen (secondary N) is 3. The highest BCUT2D eigenvalue weighted by molar-refractivity contribution is 5.18. The molecule has 0 saturated heterocycles. The Kier molecular flexibility index (Phi) is 3.72. The summed E-state index contributed by atoms with van der Waals surface area (Å²) in [6.07, 6.45) is 8.08. The molecular weight excluding hydrogens is 174 g/mol. The Morgan fingerprint density at radius 1 is 1.00 bits per heavy atom. The molecule has 80 valence electrons. The number of hydrogen-bond donors (Lipinski definition) is 3. The largest absolute Gasteiger partial charge is 0.358 e. The summed E-state index contributed by atoms with van der Waals surface area (Å²) in [6.45, 7) is 8.55. The van der Waals surface area contributed by atoms with Crippen molar-refractivity contribution in [3.8, 4) is 0 Å². The normalized spacial score (nSPS) is 19.0. The van der Waals surface area contributed by atoms with Gasteiger partial charge in [0.1, 0.15) is 0 Å². The Morgan fingerprint density at radius 2 is 1.57 bits per heavy atom. The predicted octanol–water partition coefficient (Wildman–Crippen LogP) is 1.31. The minimum Gasteiger partial charge on any atom is -0.358 e. The fraction of sp³-hybridized carbons (Fsp3) is 0.636. The summed E-state index contributed by atoms with van der Waals surface area (Å²) in [4.78, 5) is 0. The van der Waals surface area contributed by atoms with E-state index < -0.39 is 0 Å². The van der Waals surface area contributed by atoms with Crippen molar-refractivity contribution >= 4 is 0 Å². The Labute approximate surface area is 86.7 Å². The van der Waals surface area contributed by atoms with Crippen LogP contribution in [0.1, 0.15) is 27.7 Å². The maximum absolute atomic E-state index is 3.47. The van der Waals surface area contributed by atoms with Gasteiger partial charge in [0.25, 0.3) is 0 Å². The Hall–Kier alpha value is -0.800. The molecule has 0 unspecified atom stereocenters. The molecule has 14 heavy (non-hydrogen) atoms. The molecule has 0 atom stereocenters. The lowest BCUT2D eigenvalue weighted by atomic mass is 10.2. The van der Waals surface area contributed by atoms with Crippen LogP contribution in [0.4, 0.5) is 0 Å². The molecule has 0 aromatic heterocycles. The molecule has 0 fully saturated rings. The maximum atomic E-state index is 3.47. The van der Waals surface area contributed by atoms with Gasteiger partial charge in [-0.2, -0.15) is 0 Å². The molecular formula is C11H21N3. The zero-order valence-electron chi connectivity index (χ0n) is 9.46. The van der Waals surface area contributed by atoms with Gasteiger partial charge in [0, 0.05) is 12.1 Å². The summed E-state index contributed by atoms with van der Waals surface area (Å²) in [5.41, 5.74) is 0. The van der Waals surface area contributed by atoms with Crippen LogP contribution in [-0.2, 0) is 0 Å². The van der Waals surface area contributed by atoms with Crippen molar-refractivity contribution in [1.29, 1.82) is 0 Å². The Balaban J connectivity index is 2.69. The molecule has 0 aliphatic carbocycles. The summed E-state index contributed by atoms with van der Waals surface area (Å²) in [7, 11) is 0. The summed E-state index contributed by atoms with van der Waals surface area (Å²) in [5.74, 6) is -0.295. The van der Waals surface area contributed by atoms with Crippen LogP contribution in [0.5, 0.6) is 0 Å². The molecule has 1 rings (SSSR count). The average Bonchev–Trinajstić information content (AvgIpc) is 2.01. The maximum Gasteiger partial charge on any atom is 0.164 e. The third-order valence-corrected chi connectivity index (χ3v) is 1.90. The predicted molar refractivity (Wildman–Crippen MR) is 60.7 cm³/mol. The molecule has 1 aliphatic heterocycles. The number of hydrogen-bond acceptors (Lipinski definition) is 3. The van der Waals surface area contributed by atoms with Crippen LogP contribution in [0.3, 0.4) is 0 Å². The SMILES string of the molecule is CC(C)NC1(NC(C)C)C=CC=CN1. The molecule has 0 amide bonds. The molecule has 0 aromatic rings. The van der Waals surface area contributed by atoms with E-state index in [-0.39, 0.29) is 5.79 Å².